The Kier molecular flexibility index (Phi) is 6.83. The maximum atomic E-state index is 13.2. The van der Waals surface area contributed by atoms with Crippen molar-refractivity contribution in [1.29, 1.82) is 0 Å². The Bertz CT molecular complexity index is 1240. The minimum Gasteiger partial charge on any atom is -0.371 e. The van der Waals surface area contributed by atoms with Crippen LogP contribution >= 0.6 is 0 Å². The van der Waals surface area contributed by atoms with E-state index in [-0.39, 0.29) is 17.3 Å². The number of sulfonamides is 1. The van der Waals surface area contributed by atoms with Gasteiger partial charge in [0.1, 0.15) is 0 Å². The smallest absolute Gasteiger partial charge is 0.243 e. The Labute approximate surface area is 207 Å². The Balaban J connectivity index is 1.16. The second-order valence-electron chi connectivity index (χ2n) is 9.20. The Hall–Kier alpha value is -3.23. The van der Waals surface area contributed by atoms with E-state index in [1.54, 1.807) is 12.1 Å². The second kappa shape index (κ2) is 10.2. The number of hydrogen-bond acceptors (Lipinski definition) is 5. The molecule has 182 valence electrons. The van der Waals surface area contributed by atoms with Crippen molar-refractivity contribution >= 4 is 21.6 Å². The molecule has 0 unspecified atom stereocenters. The SMILES string of the molecule is O=C1CN(S(=O)(=O)c2ccc(-c3ccccc3)cc2)CCN1CC1CCN(c2ccncc2)CC1. The number of aromatic nitrogens is 1. The lowest BCUT2D eigenvalue weighted by Crippen LogP contribution is -2.53. The van der Waals surface area contributed by atoms with Gasteiger partial charge in [0, 0.05) is 50.8 Å². The summed E-state index contributed by atoms with van der Waals surface area (Å²) in [7, 11) is -3.71. The van der Waals surface area contributed by atoms with Crippen LogP contribution in [0.5, 0.6) is 0 Å². The van der Waals surface area contributed by atoms with Gasteiger partial charge in [0.2, 0.25) is 15.9 Å². The van der Waals surface area contributed by atoms with Crippen molar-refractivity contribution in [3.05, 3.63) is 79.1 Å². The molecule has 2 saturated heterocycles. The van der Waals surface area contributed by atoms with Crippen LogP contribution in [0.1, 0.15) is 12.8 Å². The molecular weight excluding hydrogens is 460 g/mol. The Morgan fingerprint density at radius 2 is 1.46 bits per heavy atom. The van der Waals surface area contributed by atoms with E-state index in [0.29, 0.717) is 25.6 Å². The van der Waals surface area contributed by atoms with Gasteiger partial charge in [0.25, 0.3) is 0 Å². The topological polar surface area (TPSA) is 73.8 Å². The molecule has 0 bridgehead atoms. The number of hydrogen-bond donors (Lipinski definition) is 0. The monoisotopic (exact) mass is 490 g/mol. The predicted molar refractivity (Wildman–Crippen MR) is 136 cm³/mol. The van der Waals surface area contributed by atoms with E-state index in [9.17, 15) is 13.2 Å². The number of anilines is 1. The molecule has 0 spiro atoms. The highest BCUT2D eigenvalue weighted by Gasteiger charge is 2.34. The summed E-state index contributed by atoms with van der Waals surface area (Å²) in [5.74, 6) is 0.322. The van der Waals surface area contributed by atoms with E-state index < -0.39 is 10.0 Å². The molecule has 0 saturated carbocycles. The molecule has 8 heteroatoms. The molecule has 2 fully saturated rings. The van der Waals surface area contributed by atoms with Gasteiger partial charge in [0.05, 0.1) is 11.4 Å². The minimum absolute atomic E-state index is 0.0986. The van der Waals surface area contributed by atoms with Crippen molar-refractivity contribution in [3.63, 3.8) is 0 Å². The van der Waals surface area contributed by atoms with Crippen LogP contribution < -0.4 is 4.90 Å². The number of piperazine rings is 1. The highest BCUT2D eigenvalue weighted by Crippen LogP contribution is 2.26. The number of benzene rings is 2. The van der Waals surface area contributed by atoms with Crippen molar-refractivity contribution in [2.24, 2.45) is 5.92 Å². The van der Waals surface area contributed by atoms with Crippen molar-refractivity contribution in [1.82, 2.24) is 14.2 Å². The highest BCUT2D eigenvalue weighted by atomic mass is 32.2. The van der Waals surface area contributed by atoms with Crippen molar-refractivity contribution < 1.29 is 13.2 Å². The molecule has 0 radical (unpaired) electrons. The fourth-order valence-electron chi connectivity index (χ4n) is 4.92. The lowest BCUT2D eigenvalue weighted by molar-refractivity contribution is -0.134. The summed E-state index contributed by atoms with van der Waals surface area (Å²) in [4.78, 5) is 21.4. The molecule has 2 aromatic carbocycles. The Morgan fingerprint density at radius 1 is 0.800 bits per heavy atom. The van der Waals surface area contributed by atoms with Crippen LogP contribution in [0.4, 0.5) is 5.69 Å². The zero-order chi connectivity index (χ0) is 24.3. The summed E-state index contributed by atoms with van der Waals surface area (Å²) in [6.45, 7) is 3.27. The zero-order valence-corrected chi connectivity index (χ0v) is 20.5. The zero-order valence-electron chi connectivity index (χ0n) is 19.7. The van der Waals surface area contributed by atoms with Crippen molar-refractivity contribution in [3.8, 4) is 11.1 Å². The fourth-order valence-corrected chi connectivity index (χ4v) is 6.31. The van der Waals surface area contributed by atoms with Crippen LogP contribution in [0.2, 0.25) is 0 Å². The van der Waals surface area contributed by atoms with Gasteiger partial charge in [-0.15, -0.1) is 0 Å². The van der Waals surface area contributed by atoms with Crippen LogP contribution in [0, 0.1) is 5.92 Å². The molecule has 2 aliphatic rings. The molecule has 35 heavy (non-hydrogen) atoms. The molecule has 1 amide bonds. The largest absolute Gasteiger partial charge is 0.371 e. The van der Waals surface area contributed by atoms with Gasteiger partial charge < -0.3 is 9.80 Å². The second-order valence-corrected chi connectivity index (χ2v) is 11.1. The molecule has 2 aliphatic heterocycles. The summed E-state index contributed by atoms with van der Waals surface area (Å²) in [5.41, 5.74) is 3.18. The first kappa shape index (κ1) is 23.5. The van der Waals surface area contributed by atoms with E-state index in [4.69, 9.17) is 0 Å². The van der Waals surface area contributed by atoms with Crippen LogP contribution in [0.3, 0.4) is 0 Å². The lowest BCUT2D eigenvalue weighted by Gasteiger charge is -2.38. The van der Waals surface area contributed by atoms with E-state index >= 15 is 0 Å². The van der Waals surface area contributed by atoms with Crippen LogP contribution in [-0.2, 0) is 14.8 Å². The molecular formula is C27H30N4O3S. The predicted octanol–water partition coefficient (Wildman–Crippen LogP) is 3.50. The maximum absolute atomic E-state index is 13.2. The van der Waals surface area contributed by atoms with E-state index in [2.05, 4.69) is 9.88 Å². The summed E-state index contributed by atoms with van der Waals surface area (Å²) >= 11 is 0. The number of pyridine rings is 1. The van der Waals surface area contributed by atoms with Crippen molar-refractivity contribution in [2.45, 2.75) is 17.7 Å². The van der Waals surface area contributed by atoms with E-state index in [1.165, 1.54) is 9.99 Å². The molecule has 1 aromatic heterocycles. The first-order chi connectivity index (χ1) is 17.0. The van der Waals surface area contributed by atoms with Gasteiger partial charge in [-0.1, -0.05) is 42.5 Å². The van der Waals surface area contributed by atoms with Crippen LogP contribution in [0.15, 0.2) is 84.0 Å². The average molecular weight is 491 g/mol. The normalized spacial score (nSPS) is 18.1. The van der Waals surface area contributed by atoms with Gasteiger partial charge in [-0.3, -0.25) is 9.78 Å². The number of carbonyl (C=O) groups excluding carboxylic acids is 1. The lowest BCUT2D eigenvalue weighted by atomic mass is 9.95. The van der Waals surface area contributed by atoms with Gasteiger partial charge in [-0.25, -0.2) is 8.42 Å². The number of amides is 1. The third kappa shape index (κ3) is 5.23. The summed E-state index contributed by atoms with van der Waals surface area (Å²) in [6.07, 6.45) is 5.65. The first-order valence-electron chi connectivity index (χ1n) is 12.1. The quantitative estimate of drug-likeness (QED) is 0.529. The first-order valence-corrected chi connectivity index (χ1v) is 13.5. The van der Waals surface area contributed by atoms with Crippen LogP contribution in [0.25, 0.3) is 11.1 Å². The summed E-state index contributed by atoms with van der Waals surface area (Å²) < 4.78 is 27.7. The van der Waals surface area contributed by atoms with Gasteiger partial charge in [0.15, 0.2) is 0 Å². The molecule has 0 aliphatic carbocycles. The maximum Gasteiger partial charge on any atom is 0.243 e. The molecule has 7 nitrogen and oxygen atoms in total. The number of nitrogens with zero attached hydrogens (tertiary/aromatic N) is 4. The minimum atomic E-state index is -3.71. The van der Waals surface area contributed by atoms with Gasteiger partial charge in [-0.2, -0.15) is 4.31 Å². The average Bonchev–Trinajstić information content (AvgIpc) is 2.91. The van der Waals surface area contributed by atoms with Crippen LogP contribution in [-0.4, -0.2) is 67.8 Å². The molecule has 0 N–H and O–H groups in total. The molecule has 0 atom stereocenters. The summed E-state index contributed by atoms with van der Waals surface area (Å²) in [5, 5.41) is 0. The standard InChI is InChI=1S/C27H30N4O3S/c32-27-21-31(35(33,34)26-8-6-24(7-9-26)23-4-2-1-3-5-23)19-18-30(27)20-22-12-16-29(17-13-22)25-10-14-28-15-11-25/h1-11,14-15,22H,12-13,16-21H2. The number of carbonyl (C=O) groups is 1. The Morgan fingerprint density at radius 3 is 2.11 bits per heavy atom. The summed E-state index contributed by atoms with van der Waals surface area (Å²) in [6, 6.07) is 20.8. The molecule has 3 heterocycles. The molecule has 5 rings (SSSR count). The van der Waals surface area contributed by atoms with Crippen molar-refractivity contribution in [2.75, 3.05) is 44.2 Å². The fraction of sp³-hybridized carbons (Fsp3) is 0.333. The third-order valence-corrected chi connectivity index (χ3v) is 8.86. The van der Waals surface area contributed by atoms with Gasteiger partial charge in [-0.05, 0) is 54.2 Å². The van der Waals surface area contributed by atoms with Gasteiger partial charge >= 0.3 is 0 Å². The van der Waals surface area contributed by atoms with E-state index in [0.717, 1.165) is 37.1 Å². The third-order valence-electron chi connectivity index (χ3n) is 7.00. The van der Waals surface area contributed by atoms with E-state index in [1.807, 2.05) is 71.9 Å². The number of piperidine rings is 1. The highest BCUT2D eigenvalue weighted by molar-refractivity contribution is 7.89. The molecule has 3 aromatic rings. The number of rotatable bonds is 6.